The van der Waals surface area contributed by atoms with Gasteiger partial charge in [-0.1, -0.05) is 31.2 Å². The van der Waals surface area contributed by atoms with E-state index in [1.54, 1.807) is 0 Å². The topological polar surface area (TPSA) is 32.7 Å². The molecule has 1 aromatic rings. The van der Waals surface area contributed by atoms with Crippen molar-refractivity contribution >= 4 is 0 Å². The molecule has 20 heavy (non-hydrogen) atoms. The fourth-order valence-corrected chi connectivity index (χ4v) is 1.58. The van der Waals surface area contributed by atoms with E-state index >= 15 is 0 Å². The Morgan fingerprint density at radius 3 is 2.65 bits per heavy atom. The van der Waals surface area contributed by atoms with E-state index in [1.165, 1.54) is 0 Å². The summed E-state index contributed by atoms with van der Waals surface area (Å²) >= 11 is 0. The Labute approximate surface area is 149 Å². The third-order valence-corrected chi connectivity index (χ3v) is 2.49. The molecule has 1 atom stereocenters. The highest BCUT2D eigenvalue weighted by molar-refractivity contribution is 5.31. The first-order chi connectivity index (χ1) is 17.0. The lowest BCUT2D eigenvalue weighted by Gasteiger charge is -2.40. The van der Waals surface area contributed by atoms with Gasteiger partial charge in [-0.2, -0.15) is 0 Å². The van der Waals surface area contributed by atoms with Crippen LogP contribution in [0.2, 0.25) is 0 Å². The Hall–Kier alpha value is -1.06. The highest BCUT2D eigenvalue weighted by Gasteiger charge is 2.38. The van der Waals surface area contributed by atoms with Crippen LogP contribution in [0, 0.1) is 0 Å². The van der Waals surface area contributed by atoms with Gasteiger partial charge in [0.1, 0.15) is 5.75 Å². The van der Waals surface area contributed by atoms with Gasteiger partial charge in [0.05, 0.1) is 18.2 Å². The monoisotopic (exact) mass is 296 g/mol. The van der Waals surface area contributed by atoms with Crippen LogP contribution < -0.4 is 4.74 Å². The van der Waals surface area contributed by atoms with Gasteiger partial charge < -0.3 is 14.7 Å². The minimum absolute atomic E-state index is 0.125. The van der Waals surface area contributed by atoms with E-state index < -0.39 is 92.3 Å². The second-order valence-corrected chi connectivity index (χ2v) is 3.96. The van der Waals surface area contributed by atoms with Crippen LogP contribution in [0.3, 0.4) is 0 Å². The SMILES string of the molecule is [2H]c1c([2H])c(C(C([2H])([2H])N(C)C([2H])([2H])[2H])C2(O)C([2H])([2H])C([2H])([2H])C([2H])([2H])C([2H])([2H])C2([2H])[2H])c([2H])c([2H])c1OC. The van der Waals surface area contributed by atoms with Gasteiger partial charge in [-0.05, 0) is 44.4 Å². The summed E-state index contributed by atoms with van der Waals surface area (Å²) in [5.74, 6) is -3.93. The molecule has 0 spiro atoms. The van der Waals surface area contributed by atoms with Crippen LogP contribution in [0.15, 0.2) is 24.2 Å². The third kappa shape index (κ3) is 3.53. The van der Waals surface area contributed by atoms with Gasteiger partial charge in [0, 0.05) is 33.0 Å². The zero-order valence-electron chi connectivity index (χ0n) is 29.9. The van der Waals surface area contributed by atoms with Gasteiger partial charge in [0.25, 0.3) is 0 Å². The smallest absolute Gasteiger partial charge is 0.118 e. The van der Waals surface area contributed by atoms with Crippen LogP contribution in [0.5, 0.6) is 5.75 Å². The quantitative estimate of drug-likeness (QED) is 0.906. The standard InChI is InChI=1S/C17H27NO2/c1-18(2)13-16(17(19)11-5-4-6-12-17)14-7-9-15(20-3)10-8-14/h7-10,16,19H,4-6,11-13H2,1-3H3/i1D3,4D2,5D2,6D2,7D,8D,9D,10D,11D2,12D2,13D2. The number of hydrogen-bond donors (Lipinski definition) is 1. The number of aliphatic hydroxyl groups is 1. The number of nitrogens with zero attached hydrogens (tertiary/aromatic N) is 1. The summed E-state index contributed by atoms with van der Waals surface area (Å²) in [6.45, 7) is -7.24. The molecule has 0 saturated heterocycles. The fraction of sp³-hybridized carbons (Fsp3) is 0.647. The van der Waals surface area contributed by atoms with Crippen molar-refractivity contribution in [3.63, 3.8) is 0 Å². The third-order valence-electron chi connectivity index (χ3n) is 2.49. The van der Waals surface area contributed by atoms with Crippen molar-refractivity contribution in [2.24, 2.45) is 0 Å². The van der Waals surface area contributed by atoms with Crippen molar-refractivity contribution in [2.45, 2.75) is 43.4 Å². The minimum Gasteiger partial charge on any atom is -0.497 e. The van der Waals surface area contributed by atoms with Crippen molar-refractivity contribution < 1.29 is 35.9 Å². The fourth-order valence-electron chi connectivity index (χ4n) is 1.58. The van der Waals surface area contributed by atoms with E-state index in [4.69, 9.17) is 30.8 Å². The number of rotatable bonds is 5. The van der Waals surface area contributed by atoms with E-state index in [0.717, 1.165) is 7.11 Å². The Bertz CT molecular complexity index is 1080. The van der Waals surface area contributed by atoms with E-state index in [-0.39, 0.29) is 4.90 Å². The molecule has 3 nitrogen and oxygen atoms in total. The molecule has 1 unspecified atom stereocenters. The number of ether oxygens (including phenoxy) is 1. The Morgan fingerprint density at radius 2 is 2.10 bits per heavy atom. The summed E-state index contributed by atoms with van der Waals surface area (Å²) in [4.78, 5) is -0.125. The molecule has 0 radical (unpaired) electrons. The number of methoxy groups -OCH3 is 1. The van der Waals surface area contributed by atoms with Crippen LogP contribution in [0.25, 0.3) is 0 Å². The summed E-state index contributed by atoms with van der Waals surface area (Å²) in [7, 11) is 1.54. The summed E-state index contributed by atoms with van der Waals surface area (Å²) in [5.41, 5.74) is -5.75. The summed E-state index contributed by atoms with van der Waals surface area (Å²) < 4.78 is 161. The van der Waals surface area contributed by atoms with Crippen LogP contribution in [-0.2, 0) is 0 Å². The van der Waals surface area contributed by atoms with Gasteiger partial charge in [0.2, 0.25) is 0 Å². The molecule has 0 aromatic heterocycles. The molecular weight excluding hydrogens is 250 g/mol. The summed E-state index contributed by atoms with van der Waals surface area (Å²) in [6.07, 6.45) is -21.0. The maximum atomic E-state index is 12.0. The maximum Gasteiger partial charge on any atom is 0.118 e. The molecule has 1 aliphatic carbocycles. The molecule has 1 fully saturated rings. The molecule has 112 valence electrons. The molecule has 3 heteroatoms. The molecule has 0 heterocycles. The molecule has 1 saturated carbocycles. The molecule has 1 aliphatic rings. The first-order valence-corrected chi connectivity index (χ1v) is 5.60. The average molecular weight is 297 g/mol. The lowest BCUT2D eigenvalue weighted by atomic mass is 9.72. The summed E-state index contributed by atoms with van der Waals surface area (Å²) in [6, 6.07) is -4.58. The van der Waals surface area contributed by atoms with Gasteiger partial charge in [-0.15, -0.1) is 0 Å². The number of benzene rings is 1. The second-order valence-electron chi connectivity index (χ2n) is 3.96. The van der Waals surface area contributed by atoms with Gasteiger partial charge >= 0.3 is 0 Å². The predicted molar refractivity (Wildman–Crippen MR) is 82.3 cm³/mol. The van der Waals surface area contributed by atoms with Crippen molar-refractivity contribution in [1.82, 2.24) is 4.90 Å². The second kappa shape index (κ2) is 6.59. The van der Waals surface area contributed by atoms with Crippen LogP contribution >= 0.6 is 0 Å². The molecule has 1 N–H and O–H groups in total. The van der Waals surface area contributed by atoms with E-state index in [0.29, 0.717) is 7.05 Å². The van der Waals surface area contributed by atoms with Gasteiger partial charge in [-0.3, -0.25) is 0 Å². The average Bonchev–Trinajstić information content (AvgIpc) is 2.77. The number of hydrogen-bond acceptors (Lipinski definition) is 3. The molecule has 0 aliphatic heterocycles. The molecule has 1 aromatic carbocycles. The molecule has 2 rings (SSSR count). The number of likely N-dealkylation sites (N-methyl/N-ethyl adjacent to an activating group) is 1. The zero-order chi connectivity index (χ0) is 31.3. The lowest BCUT2D eigenvalue weighted by Crippen LogP contribution is -2.42. The van der Waals surface area contributed by atoms with E-state index in [9.17, 15) is 5.11 Å². The van der Waals surface area contributed by atoms with Gasteiger partial charge in [0.15, 0.2) is 0 Å². The normalized spacial score (nSPS) is 47.7. The molecule has 0 bridgehead atoms. The first kappa shape index (κ1) is 4.02. The van der Waals surface area contributed by atoms with E-state index in [2.05, 4.69) is 0 Å². The van der Waals surface area contributed by atoms with Crippen molar-refractivity contribution in [3.05, 3.63) is 29.7 Å². The Kier molecular flexibility index (Phi) is 1.33. The van der Waals surface area contributed by atoms with Gasteiger partial charge in [-0.25, -0.2) is 0 Å². The minimum atomic E-state index is -4.43. The van der Waals surface area contributed by atoms with Crippen molar-refractivity contribution in [2.75, 3.05) is 27.6 Å². The van der Waals surface area contributed by atoms with Crippen LogP contribution in [-0.4, -0.2) is 43.2 Å². The highest BCUT2D eigenvalue weighted by atomic mass is 16.5. The summed E-state index contributed by atoms with van der Waals surface area (Å²) in [5, 5.41) is 12.0. The first-order valence-electron chi connectivity index (χ1n) is 15.1. The largest absolute Gasteiger partial charge is 0.497 e. The Morgan fingerprint density at radius 1 is 1.45 bits per heavy atom. The zero-order valence-corrected chi connectivity index (χ0v) is 10.9. The molecular formula is C17H27NO2. The van der Waals surface area contributed by atoms with Crippen molar-refractivity contribution in [1.29, 1.82) is 0 Å². The van der Waals surface area contributed by atoms with Crippen molar-refractivity contribution in [3.8, 4) is 5.75 Å². The highest BCUT2D eigenvalue weighted by Crippen LogP contribution is 2.40. The predicted octanol–water partition coefficient (Wildman–Crippen LogP) is 3.04. The molecule has 0 amide bonds. The van der Waals surface area contributed by atoms with Crippen LogP contribution in [0.4, 0.5) is 0 Å². The van der Waals surface area contributed by atoms with E-state index in [1.807, 2.05) is 0 Å². The Balaban J connectivity index is 3.33. The lowest BCUT2D eigenvalue weighted by molar-refractivity contribution is -0.0277. The van der Waals surface area contributed by atoms with Crippen LogP contribution in [0.1, 0.15) is 69.4 Å². The maximum absolute atomic E-state index is 12.0.